The van der Waals surface area contributed by atoms with Crippen molar-refractivity contribution in [3.8, 4) is 0 Å². The van der Waals surface area contributed by atoms with Crippen LogP contribution in [0.25, 0.3) is 0 Å². The molecule has 3 rings (SSSR count). The van der Waals surface area contributed by atoms with Crippen molar-refractivity contribution in [2.24, 2.45) is 0 Å². The van der Waals surface area contributed by atoms with E-state index in [2.05, 4.69) is 5.32 Å². The van der Waals surface area contributed by atoms with Crippen molar-refractivity contribution in [3.63, 3.8) is 0 Å². The molecule has 2 saturated heterocycles. The number of ether oxygens (including phenoxy) is 1. The average molecular weight is 274 g/mol. The molecule has 1 unspecified atom stereocenters. The summed E-state index contributed by atoms with van der Waals surface area (Å²) in [5, 5.41) is 2.97. The van der Waals surface area contributed by atoms with E-state index in [1.54, 1.807) is 25.7 Å². The van der Waals surface area contributed by atoms with E-state index in [-0.39, 0.29) is 12.5 Å². The highest BCUT2D eigenvalue weighted by Crippen LogP contribution is 2.60. The number of hydrogen-bond donors (Lipinski definition) is 1. The van der Waals surface area contributed by atoms with E-state index in [0.717, 1.165) is 6.42 Å². The molecule has 3 atom stereocenters. The highest BCUT2D eigenvalue weighted by Gasteiger charge is 2.78. The van der Waals surface area contributed by atoms with Crippen molar-refractivity contribution in [1.82, 2.24) is 10.2 Å². The number of carbonyl (C=O) groups is 1. The van der Waals surface area contributed by atoms with Crippen LogP contribution in [0.15, 0.2) is 0 Å². The molecule has 1 amide bonds. The van der Waals surface area contributed by atoms with Gasteiger partial charge in [0.15, 0.2) is 0 Å². The largest absolute Gasteiger partial charge is 0.444 e. The molecule has 0 radical (unpaired) electrons. The van der Waals surface area contributed by atoms with E-state index >= 15 is 0 Å². The minimum Gasteiger partial charge on any atom is -0.444 e. The molecule has 2 aliphatic heterocycles. The van der Waals surface area contributed by atoms with Crippen LogP contribution in [0.3, 0.4) is 0 Å². The second kappa shape index (κ2) is 3.59. The Morgan fingerprint density at radius 3 is 2.53 bits per heavy atom. The number of halogens is 2. The Kier molecular flexibility index (Phi) is 2.48. The quantitative estimate of drug-likeness (QED) is 0.736. The molecule has 108 valence electrons. The number of nitrogens with zero attached hydrogens (tertiary/aromatic N) is 1. The van der Waals surface area contributed by atoms with Gasteiger partial charge in [-0.05, 0) is 33.6 Å². The maximum Gasteiger partial charge on any atom is 0.410 e. The number of rotatable bonds is 0. The van der Waals surface area contributed by atoms with Crippen LogP contribution < -0.4 is 5.32 Å². The summed E-state index contributed by atoms with van der Waals surface area (Å²) in [5.74, 6) is -2.70. The van der Waals surface area contributed by atoms with Crippen LogP contribution in [-0.2, 0) is 4.74 Å². The van der Waals surface area contributed by atoms with Gasteiger partial charge in [-0.25, -0.2) is 13.6 Å². The molecule has 2 heterocycles. The molecule has 0 aromatic carbocycles. The number of fused-ring (bicyclic) bond motifs is 3. The first-order valence-electron chi connectivity index (χ1n) is 6.80. The zero-order chi connectivity index (χ0) is 14.1. The van der Waals surface area contributed by atoms with Crippen molar-refractivity contribution in [2.75, 3.05) is 6.54 Å². The van der Waals surface area contributed by atoms with Gasteiger partial charge in [-0.3, -0.25) is 4.90 Å². The molecule has 1 aliphatic carbocycles. The van der Waals surface area contributed by atoms with Crippen LogP contribution in [0.4, 0.5) is 13.6 Å². The first-order chi connectivity index (χ1) is 8.66. The van der Waals surface area contributed by atoms with Gasteiger partial charge in [0.05, 0.1) is 6.04 Å². The number of amides is 1. The van der Waals surface area contributed by atoms with Gasteiger partial charge < -0.3 is 10.1 Å². The first-order valence-corrected chi connectivity index (χ1v) is 6.80. The molecule has 3 fully saturated rings. The Balaban J connectivity index is 1.81. The summed E-state index contributed by atoms with van der Waals surface area (Å²) in [5.41, 5.74) is -1.79. The van der Waals surface area contributed by atoms with Crippen LogP contribution >= 0.6 is 0 Å². The topological polar surface area (TPSA) is 41.6 Å². The predicted molar refractivity (Wildman–Crippen MR) is 65.2 cm³/mol. The fourth-order valence-corrected chi connectivity index (χ4v) is 3.44. The van der Waals surface area contributed by atoms with Crippen LogP contribution in [-0.4, -0.2) is 46.7 Å². The lowest BCUT2D eigenvalue weighted by molar-refractivity contribution is -0.0152. The summed E-state index contributed by atoms with van der Waals surface area (Å²) in [7, 11) is 0. The summed E-state index contributed by atoms with van der Waals surface area (Å²) in [6.45, 7) is 5.80. The maximum absolute atomic E-state index is 13.7. The van der Waals surface area contributed by atoms with E-state index in [0.29, 0.717) is 13.0 Å². The van der Waals surface area contributed by atoms with Gasteiger partial charge in [0.2, 0.25) is 0 Å². The fourth-order valence-electron chi connectivity index (χ4n) is 3.44. The lowest BCUT2D eigenvalue weighted by Crippen LogP contribution is -2.63. The second-order valence-corrected chi connectivity index (χ2v) is 6.87. The van der Waals surface area contributed by atoms with Crippen molar-refractivity contribution >= 4 is 6.09 Å². The third kappa shape index (κ3) is 1.83. The van der Waals surface area contributed by atoms with Gasteiger partial charge in [0, 0.05) is 19.0 Å². The number of carbonyl (C=O) groups excluding carboxylic acids is 1. The van der Waals surface area contributed by atoms with Gasteiger partial charge in [-0.1, -0.05) is 0 Å². The molecule has 2 bridgehead atoms. The van der Waals surface area contributed by atoms with Gasteiger partial charge >= 0.3 is 6.09 Å². The van der Waals surface area contributed by atoms with Gasteiger partial charge in [-0.2, -0.15) is 0 Å². The monoisotopic (exact) mass is 274 g/mol. The van der Waals surface area contributed by atoms with E-state index in [9.17, 15) is 13.6 Å². The van der Waals surface area contributed by atoms with Crippen LogP contribution in [0.2, 0.25) is 0 Å². The third-order valence-electron chi connectivity index (χ3n) is 4.36. The van der Waals surface area contributed by atoms with Gasteiger partial charge in [0.1, 0.15) is 11.1 Å². The van der Waals surface area contributed by atoms with Crippen LogP contribution in [0.1, 0.15) is 40.0 Å². The third-order valence-corrected chi connectivity index (χ3v) is 4.36. The smallest absolute Gasteiger partial charge is 0.410 e. The fraction of sp³-hybridized carbons (Fsp3) is 0.923. The average Bonchev–Trinajstić information content (AvgIpc) is 2.64. The molecule has 4 nitrogen and oxygen atoms in total. The highest BCUT2D eigenvalue weighted by molar-refractivity contribution is 5.70. The molecular formula is C13H20F2N2O2. The summed E-state index contributed by atoms with van der Waals surface area (Å²) in [6, 6.07) is -0.446. The molecule has 0 aromatic rings. The minimum atomic E-state index is -2.70. The Morgan fingerprint density at radius 2 is 2.00 bits per heavy atom. The summed E-state index contributed by atoms with van der Waals surface area (Å²) < 4.78 is 32.7. The molecule has 1 spiro atoms. The molecule has 0 aromatic heterocycles. The molecule has 6 heteroatoms. The van der Waals surface area contributed by atoms with Gasteiger partial charge in [0.25, 0.3) is 5.92 Å². The van der Waals surface area contributed by atoms with Crippen molar-refractivity contribution in [3.05, 3.63) is 0 Å². The number of nitrogens with one attached hydrogen (secondary N) is 1. The molecule has 1 N–H and O–H groups in total. The first kappa shape index (κ1) is 13.1. The van der Waals surface area contributed by atoms with E-state index in [1.165, 1.54) is 0 Å². The Labute approximate surface area is 111 Å². The molecule has 19 heavy (non-hydrogen) atoms. The molecule has 1 saturated carbocycles. The van der Waals surface area contributed by atoms with Gasteiger partial charge in [-0.15, -0.1) is 0 Å². The minimum absolute atomic E-state index is 0.0122. The Hall–Kier alpha value is -0.910. The number of hydrogen-bond acceptors (Lipinski definition) is 3. The summed E-state index contributed by atoms with van der Waals surface area (Å²) in [6.07, 6.45) is 0.779. The molecular weight excluding hydrogens is 254 g/mol. The van der Waals surface area contributed by atoms with Crippen molar-refractivity contribution in [1.29, 1.82) is 0 Å². The number of alkyl halides is 2. The normalized spacial score (nSPS) is 39.5. The summed E-state index contributed by atoms with van der Waals surface area (Å²) in [4.78, 5) is 13.8. The number of piperazine rings is 1. The zero-order valence-corrected chi connectivity index (χ0v) is 11.5. The van der Waals surface area contributed by atoms with Crippen LogP contribution in [0, 0.1) is 0 Å². The Morgan fingerprint density at radius 1 is 1.37 bits per heavy atom. The van der Waals surface area contributed by atoms with E-state index in [1.807, 2.05) is 0 Å². The standard InChI is InChI=1S/C13H20F2N2O2/c1-11(2,3)19-10(18)17-8-4-5-9(17)12(16-6-8)7-13(12,14)15/h8-9,16H,4-7H2,1-3H3/t8-,9-,12?/m1/s1. The van der Waals surface area contributed by atoms with Crippen LogP contribution in [0.5, 0.6) is 0 Å². The van der Waals surface area contributed by atoms with E-state index in [4.69, 9.17) is 4.74 Å². The Bertz CT molecular complexity index is 421. The zero-order valence-electron chi connectivity index (χ0n) is 11.5. The summed E-state index contributed by atoms with van der Waals surface area (Å²) >= 11 is 0. The van der Waals surface area contributed by atoms with Crippen molar-refractivity contribution < 1.29 is 18.3 Å². The predicted octanol–water partition coefficient (Wildman–Crippen LogP) is 2.14. The SMILES string of the molecule is CC(C)(C)OC(=O)N1[C@@H]2CC[C@@H]1C1(CC1(F)F)NC2. The van der Waals surface area contributed by atoms with E-state index < -0.39 is 29.2 Å². The lowest BCUT2D eigenvalue weighted by Gasteiger charge is -2.41. The second-order valence-electron chi connectivity index (χ2n) is 6.87. The maximum atomic E-state index is 13.7. The highest BCUT2D eigenvalue weighted by atomic mass is 19.3. The lowest BCUT2D eigenvalue weighted by atomic mass is 10.0. The van der Waals surface area contributed by atoms with Crippen molar-refractivity contribution in [2.45, 2.75) is 69.2 Å². The molecule has 3 aliphatic rings.